The van der Waals surface area contributed by atoms with Crippen molar-refractivity contribution in [2.24, 2.45) is 0 Å². The van der Waals surface area contributed by atoms with Gasteiger partial charge in [-0.05, 0) is 50.7 Å². The fourth-order valence-corrected chi connectivity index (χ4v) is 4.84. The first kappa shape index (κ1) is 20.8. The number of hydrogen-bond acceptors (Lipinski definition) is 5. The number of benzene rings is 1. The van der Waals surface area contributed by atoms with Crippen LogP contribution in [0.5, 0.6) is 0 Å². The molecule has 2 fully saturated rings. The predicted octanol–water partition coefficient (Wildman–Crippen LogP) is 0.450. The second-order valence-corrected chi connectivity index (χ2v) is 9.21. The fraction of sp³-hybridized carbons (Fsp3) is 0.550. The molecule has 1 N–H and O–H groups in total. The van der Waals surface area contributed by atoms with Gasteiger partial charge < -0.3 is 9.80 Å². The average Bonchev–Trinajstić information content (AvgIpc) is 2.72. The van der Waals surface area contributed by atoms with Gasteiger partial charge in [-0.3, -0.25) is 9.69 Å². The zero-order valence-corrected chi connectivity index (χ0v) is 17.1. The molecule has 2 aliphatic heterocycles. The topological polar surface area (TPSA) is 73.0 Å². The zero-order valence-electron chi connectivity index (χ0n) is 16.3. The van der Waals surface area contributed by atoms with Crippen LogP contribution in [0.15, 0.2) is 29.2 Å². The Bertz CT molecular complexity index is 824. The monoisotopic (exact) mass is 404 g/mol. The molecule has 1 aromatic rings. The molecule has 1 atom stereocenters. The normalized spacial score (nSPS) is 22.0. The molecule has 0 bridgehead atoms. The van der Waals surface area contributed by atoms with Crippen molar-refractivity contribution in [2.45, 2.75) is 23.8 Å². The van der Waals surface area contributed by atoms with Gasteiger partial charge in [0.15, 0.2) is 0 Å². The summed E-state index contributed by atoms with van der Waals surface area (Å²) in [5.41, 5.74) is 0.502. The minimum absolute atomic E-state index is 0.0547. The molecular formula is C20H28N4O3S. The molecule has 3 rings (SSSR count). The first-order valence-corrected chi connectivity index (χ1v) is 11.1. The third kappa shape index (κ3) is 4.92. The zero-order chi connectivity index (χ0) is 20.1. The number of piperazine rings is 1. The maximum atomic E-state index is 12.8. The molecule has 0 aliphatic carbocycles. The lowest BCUT2D eigenvalue weighted by Crippen LogP contribution is -2.55. The van der Waals surface area contributed by atoms with Crippen molar-refractivity contribution in [1.82, 2.24) is 19.4 Å². The Kier molecular flexibility index (Phi) is 6.73. The molecule has 8 heteroatoms. The van der Waals surface area contributed by atoms with Gasteiger partial charge in [-0.2, -0.15) is 4.72 Å². The Hall–Kier alpha value is -1.92. The second kappa shape index (κ2) is 9.05. The molecule has 2 aliphatic rings. The summed E-state index contributed by atoms with van der Waals surface area (Å²) in [5.74, 6) is 2.18. The van der Waals surface area contributed by atoms with E-state index in [4.69, 9.17) is 6.42 Å². The Labute approximate surface area is 167 Å². The lowest BCUT2D eigenvalue weighted by molar-refractivity contribution is 0.0452. The van der Waals surface area contributed by atoms with Crippen LogP contribution in [0.1, 0.15) is 23.2 Å². The number of carbonyl (C=O) groups is 1. The van der Waals surface area contributed by atoms with Crippen LogP contribution < -0.4 is 4.72 Å². The Morgan fingerprint density at radius 2 is 1.86 bits per heavy atom. The summed E-state index contributed by atoms with van der Waals surface area (Å²) in [6.45, 7) is 5.35. The Balaban J connectivity index is 1.57. The molecule has 2 heterocycles. The number of piperidine rings is 1. The van der Waals surface area contributed by atoms with E-state index in [0.29, 0.717) is 24.7 Å². The summed E-state index contributed by atoms with van der Waals surface area (Å²) >= 11 is 0. The van der Waals surface area contributed by atoms with E-state index in [2.05, 4.69) is 27.5 Å². The molecule has 0 spiro atoms. The van der Waals surface area contributed by atoms with E-state index >= 15 is 0 Å². The highest BCUT2D eigenvalue weighted by Gasteiger charge is 2.28. The van der Waals surface area contributed by atoms with Gasteiger partial charge >= 0.3 is 0 Å². The third-order valence-corrected chi connectivity index (χ3v) is 6.91. The van der Waals surface area contributed by atoms with Gasteiger partial charge in [0.05, 0.1) is 11.4 Å². The summed E-state index contributed by atoms with van der Waals surface area (Å²) in [6, 6.07) is 6.60. The van der Waals surface area contributed by atoms with Gasteiger partial charge in [-0.15, -0.1) is 6.42 Å². The van der Waals surface area contributed by atoms with Crippen molar-refractivity contribution in [1.29, 1.82) is 0 Å². The van der Waals surface area contributed by atoms with E-state index in [1.54, 1.807) is 12.1 Å². The van der Waals surface area contributed by atoms with Crippen LogP contribution in [-0.4, -0.2) is 87.9 Å². The first-order valence-electron chi connectivity index (χ1n) is 9.66. The van der Waals surface area contributed by atoms with E-state index in [-0.39, 0.29) is 17.3 Å². The molecular weight excluding hydrogens is 376 g/mol. The molecule has 7 nitrogen and oxygen atoms in total. The van der Waals surface area contributed by atoms with Crippen LogP contribution in [0.25, 0.3) is 0 Å². The van der Waals surface area contributed by atoms with E-state index < -0.39 is 10.0 Å². The largest absolute Gasteiger partial charge is 0.336 e. The molecule has 28 heavy (non-hydrogen) atoms. The SMILES string of the molecule is C#CCNS(=O)(=O)c1ccc(C(=O)N2CCN(C3CCCN(C)C3)CC2)cc1. The molecule has 0 aromatic heterocycles. The molecule has 2 saturated heterocycles. The van der Waals surface area contributed by atoms with Crippen LogP contribution in [0.4, 0.5) is 0 Å². The molecule has 1 aromatic carbocycles. The van der Waals surface area contributed by atoms with Gasteiger partial charge in [-0.25, -0.2) is 8.42 Å². The number of carbonyl (C=O) groups excluding carboxylic acids is 1. The molecule has 0 saturated carbocycles. The highest BCUT2D eigenvalue weighted by atomic mass is 32.2. The summed E-state index contributed by atoms with van der Waals surface area (Å²) in [7, 11) is -1.48. The number of terminal acetylenes is 1. The minimum Gasteiger partial charge on any atom is -0.336 e. The first-order chi connectivity index (χ1) is 13.4. The summed E-state index contributed by atoms with van der Waals surface area (Å²) in [4.78, 5) is 19.6. The number of nitrogens with zero attached hydrogens (tertiary/aromatic N) is 3. The Morgan fingerprint density at radius 3 is 2.46 bits per heavy atom. The van der Waals surface area contributed by atoms with Gasteiger partial charge in [0.25, 0.3) is 5.91 Å². The molecule has 152 valence electrons. The smallest absolute Gasteiger partial charge is 0.253 e. The maximum Gasteiger partial charge on any atom is 0.253 e. The Morgan fingerprint density at radius 1 is 1.18 bits per heavy atom. The van der Waals surface area contributed by atoms with Crippen LogP contribution >= 0.6 is 0 Å². The fourth-order valence-electron chi connectivity index (χ4n) is 3.91. The number of hydrogen-bond donors (Lipinski definition) is 1. The summed E-state index contributed by atoms with van der Waals surface area (Å²) in [6.07, 6.45) is 7.54. The van der Waals surface area contributed by atoms with Gasteiger partial charge in [0, 0.05) is 44.3 Å². The van der Waals surface area contributed by atoms with E-state index in [0.717, 1.165) is 19.6 Å². The molecule has 0 radical (unpaired) electrons. The number of rotatable bonds is 5. The quantitative estimate of drug-likeness (QED) is 0.722. The lowest BCUT2D eigenvalue weighted by atomic mass is 10.0. The number of sulfonamides is 1. The highest BCUT2D eigenvalue weighted by molar-refractivity contribution is 7.89. The summed E-state index contributed by atoms with van der Waals surface area (Å²) < 4.78 is 26.5. The van der Waals surface area contributed by atoms with Gasteiger partial charge in [-0.1, -0.05) is 5.92 Å². The number of likely N-dealkylation sites (tertiary alicyclic amines) is 1. The van der Waals surface area contributed by atoms with Crippen molar-refractivity contribution in [2.75, 3.05) is 52.9 Å². The van der Waals surface area contributed by atoms with Gasteiger partial charge in [0.2, 0.25) is 10.0 Å². The number of likely N-dealkylation sites (N-methyl/N-ethyl adjacent to an activating group) is 1. The third-order valence-electron chi connectivity index (χ3n) is 5.49. The minimum atomic E-state index is -3.64. The van der Waals surface area contributed by atoms with Crippen molar-refractivity contribution in [3.63, 3.8) is 0 Å². The lowest BCUT2D eigenvalue weighted by Gasteiger charge is -2.42. The maximum absolute atomic E-state index is 12.8. The van der Waals surface area contributed by atoms with Crippen LogP contribution in [0.2, 0.25) is 0 Å². The summed E-state index contributed by atoms with van der Waals surface area (Å²) in [5, 5.41) is 0. The van der Waals surface area contributed by atoms with Crippen molar-refractivity contribution in [3.05, 3.63) is 29.8 Å². The van der Waals surface area contributed by atoms with E-state index in [1.807, 2.05) is 4.90 Å². The van der Waals surface area contributed by atoms with Crippen LogP contribution in [0, 0.1) is 12.3 Å². The number of amides is 1. The highest BCUT2D eigenvalue weighted by Crippen LogP contribution is 2.18. The average molecular weight is 405 g/mol. The van der Waals surface area contributed by atoms with E-state index in [1.165, 1.54) is 31.5 Å². The van der Waals surface area contributed by atoms with Crippen molar-refractivity contribution < 1.29 is 13.2 Å². The predicted molar refractivity (Wildman–Crippen MR) is 108 cm³/mol. The molecule has 1 unspecified atom stereocenters. The standard InChI is InChI=1S/C20H28N4O3S/c1-3-10-21-28(26,27)19-8-6-17(7-9-19)20(25)24-14-12-23(13-15-24)18-5-4-11-22(2)16-18/h1,6-9,18,21H,4-5,10-16H2,2H3. The second-order valence-electron chi connectivity index (χ2n) is 7.44. The molecule has 1 amide bonds. The number of nitrogens with one attached hydrogen (secondary N) is 1. The van der Waals surface area contributed by atoms with Crippen molar-refractivity contribution in [3.8, 4) is 12.3 Å². The van der Waals surface area contributed by atoms with Gasteiger partial charge in [0.1, 0.15) is 0 Å². The van der Waals surface area contributed by atoms with E-state index in [9.17, 15) is 13.2 Å². The van der Waals surface area contributed by atoms with Crippen LogP contribution in [-0.2, 0) is 10.0 Å². The van der Waals surface area contributed by atoms with Crippen molar-refractivity contribution >= 4 is 15.9 Å². The van der Waals surface area contributed by atoms with Crippen LogP contribution in [0.3, 0.4) is 0 Å².